The fourth-order valence-corrected chi connectivity index (χ4v) is 3.38. The Labute approximate surface area is 180 Å². The van der Waals surface area contributed by atoms with Crippen LogP contribution in [0, 0.1) is 11.3 Å². The van der Waals surface area contributed by atoms with Crippen LogP contribution in [0.1, 0.15) is 24.0 Å². The second-order valence-electron chi connectivity index (χ2n) is 7.18. The van der Waals surface area contributed by atoms with Gasteiger partial charge in [0.1, 0.15) is 23.4 Å². The van der Waals surface area contributed by atoms with Crippen molar-refractivity contribution in [2.24, 2.45) is 0 Å². The van der Waals surface area contributed by atoms with E-state index in [9.17, 15) is 9.59 Å². The van der Waals surface area contributed by atoms with Crippen molar-refractivity contribution in [3.05, 3.63) is 52.3 Å². The van der Waals surface area contributed by atoms with Crippen LogP contribution < -0.4 is 21.3 Å². The standard InChI is InChI=1S/C20H15ClN8O2/c21-14-6-13(2-1-10(14)8-22)24-16-7-17(25-12-3-4-12)29-18(27-16)11(9-23-29)5-15-19(30)28-20(31)26-15/h1-2,5-7,9,12,25H,3-4H2,(H,24,27)(H2,26,28,30,31)/b15-5-. The lowest BCUT2D eigenvalue weighted by Crippen LogP contribution is -2.22. The topological polar surface area (TPSA) is 136 Å². The van der Waals surface area contributed by atoms with Crippen LogP contribution in [-0.4, -0.2) is 32.6 Å². The molecule has 1 saturated carbocycles. The fourth-order valence-electron chi connectivity index (χ4n) is 3.15. The molecule has 5 rings (SSSR count). The van der Waals surface area contributed by atoms with E-state index in [4.69, 9.17) is 16.9 Å². The summed E-state index contributed by atoms with van der Waals surface area (Å²) in [6.45, 7) is 0. The Balaban J connectivity index is 1.56. The highest BCUT2D eigenvalue weighted by Crippen LogP contribution is 2.29. The van der Waals surface area contributed by atoms with Crippen LogP contribution in [0.4, 0.5) is 22.1 Å². The van der Waals surface area contributed by atoms with E-state index in [1.54, 1.807) is 28.9 Å². The summed E-state index contributed by atoms with van der Waals surface area (Å²) < 4.78 is 1.65. The number of amides is 3. The van der Waals surface area contributed by atoms with Gasteiger partial charge in [0, 0.05) is 23.4 Å². The Morgan fingerprint density at radius 2 is 2.10 bits per heavy atom. The number of carbonyl (C=O) groups excluding carboxylic acids is 2. The number of anilines is 3. The Kier molecular flexibility index (Phi) is 4.45. The van der Waals surface area contributed by atoms with Crippen LogP contribution >= 0.6 is 11.6 Å². The minimum absolute atomic E-state index is 0.121. The molecule has 0 unspecified atom stereocenters. The lowest BCUT2D eigenvalue weighted by molar-refractivity contribution is -0.115. The van der Waals surface area contributed by atoms with Crippen LogP contribution in [-0.2, 0) is 4.79 Å². The Hall–Kier alpha value is -4.10. The highest BCUT2D eigenvalue weighted by Gasteiger charge is 2.25. The number of urea groups is 1. The first-order valence-electron chi connectivity index (χ1n) is 9.46. The predicted octanol–water partition coefficient (Wildman–Crippen LogP) is 2.75. The fraction of sp³-hybridized carbons (Fsp3) is 0.150. The molecule has 0 atom stereocenters. The molecule has 3 heterocycles. The molecule has 1 aromatic carbocycles. The Morgan fingerprint density at radius 1 is 1.26 bits per heavy atom. The van der Waals surface area contributed by atoms with Gasteiger partial charge >= 0.3 is 6.03 Å². The lowest BCUT2D eigenvalue weighted by atomic mass is 10.2. The van der Waals surface area contributed by atoms with Crippen molar-refractivity contribution < 1.29 is 9.59 Å². The Morgan fingerprint density at radius 3 is 2.77 bits per heavy atom. The maximum atomic E-state index is 11.9. The normalized spacial score (nSPS) is 16.8. The zero-order chi connectivity index (χ0) is 21.5. The Bertz CT molecular complexity index is 1320. The van der Waals surface area contributed by atoms with Gasteiger partial charge in [-0.25, -0.2) is 9.78 Å². The molecule has 1 saturated heterocycles. The number of benzene rings is 1. The molecule has 1 aliphatic carbocycles. The van der Waals surface area contributed by atoms with E-state index >= 15 is 0 Å². The molecule has 3 amide bonds. The van der Waals surface area contributed by atoms with Crippen LogP contribution in [0.5, 0.6) is 0 Å². The van der Waals surface area contributed by atoms with Crippen molar-refractivity contribution in [3.63, 3.8) is 0 Å². The molecule has 2 fully saturated rings. The molecule has 10 nitrogen and oxygen atoms in total. The number of carbonyl (C=O) groups is 2. The van der Waals surface area contributed by atoms with E-state index in [-0.39, 0.29) is 5.70 Å². The monoisotopic (exact) mass is 434 g/mol. The molecule has 154 valence electrons. The largest absolute Gasteiger partial charge is 0.367 e. The van der Waals surface area contributed by atoms with Gasteiger partial charge in [0.2, 0.25) is 0 Å². The number of fused-ring (bicyclic) bond motifs is 1. The molecule has 2 aromatic heterocycles. The number of hydrogen-bond donors (Lipinski definition) is 4. The second-order valence-corrected chi connectivity index (χ2v) is 7.59. The van der Waals surface area contributed by atoms with E-state index in [1.165, 1.54) is 6.08 Å². The van der Waals surface area contributed by atoms with Gasteiger partial charge < -0.3 is 16.0 Å². The van der Waals surface area contributed by atoms with Crippen LogP contribution in [0.3, 0.4) is 0 Å². The third-order valence-electron chi connectivity index (χ3n) is 4.81. The summed E-state index contributed by atoms with van der Waals surface area (Å²) in [7, 11) is 0. The molecule has 0 bridgehead atoms. The number of hydrogen-bond acceptors (Lipinski definition) is 7. The number of nitrogens with zero attached hydrogens (tertiary/aromatic N) is 4. The predicted molar refractivity (Wildman–Crippen MR) is 114 cm³/mol. The van der Waals surface area contributed by atoms with Gasteiger partial charge in [-0.2, -0.15) is 14.9 Å². The van der Waals surface area contributed by atoms with Gasteiger partial charge in [0.15, 0.2) is 5.65 Å². The molecule has 11 heteroatoms. The van der Waals surface area contributed by atoms with Crippen LogP contribution in [0.25, 0.3) is 11.7 Å². The van der Waals surface area contributed by atoms with Gasteiger partial charge in [0.25, 0.3) is 5.91 Å². The number of imide groups is 1. The molecule has 0 spiro atoms. The number of rotatable bonds is 5. The van der Waals surface area contributed by atoms with E-state index in [1.807, 2.05) is 12.1 Å². The second kappa shape index (κ2) is 7.30. The molecule has 0 radical (unpaired) electrons. The number of nitrogens with one attached hydrogen (secondary N) is 4. The third-order valence-corrected chi connectivity index (χ3v) is 5.12. The molecule has 3 aromatic rings. The highest BCUT2D eigenvalue weighted by molar-refractivity contribution is 6.32. The number of aromatic nitrogens is 3. The minimum Gasteiger partial charge on any atom is -0.367 e. The highest BCUT2D eigenvalue weighted by atomic mass is 35.5. The molecule has 1 aliphatic heterocycles. The zero-order valence-electron chi connectivity index (χ0n) is 15.9. The third kappa shape index (κ3) is 3.74. The summed E-state index contributed by atoms with van der Waals surface area (Å²) >= 11 is 6.14. The minimum atomic E-state index is -0.572. The van der Waals surface area contributed by atoms with E-state index < -0.39 is 11.9 Å². The van der Waals surface area contributed by atoms with Crippen molar-refractivity contribution in [2.75, 3.05) is 10.6 Å². The van der Waals surface area contributed by atoms with Gasteiger partial charge in [-0.3, -0.25) is 10.1 Å². The van der Waals surface area contributed by atoms with E-state index in [0.29, 0.717) is 39.3 Å². The number of halogens is 1. The van der Waals surface area contributed by atoms with E-state index in [2.05, 4.69) is 31.3 Å². The van der Waals surface area contributed by atoms with Crippen molar-refractivity contribution in [2.45, 2.75) is 18.9 Å². The summed E-state index contributed by atoms with van der Waals surface area (Å²) in [5.74, 6) is 0.748. The summed E-state index contributed by atoms with van der Waals surface area (Å²) in [6, 6.07) is 8.66. The first-order valence-corrected chi connectivity index (χ1v) is 9.84. The average Bonchev–Trinajstić information content (AvgIpc) is 3.37. The summed E-state index contributed by atoms with van der Waals surface area (Å²) in [4.78, 5) is 27.9. The smallest absolute Gasteiger partial charge is 0.326 e. The van der Waals surface area contributed by atoms with Gasteiger partial charge in [0.05, 0.1) is 16.8 Å². The number of nitriles is 1. The van der Waals surface area contributed by atoms with Gasteiger partial charge in [-0.05, 0) is 37.1 Å². The summed E-state index contributed by atoms with van der Waals surface area (Å²) in [5.41, 5.74) is 2.23. The maximum Gasteiger partial charge on any atom is 0.326 e. The molecular formula is C20H15ClN8O2. The zero-order valence-corrected chi connectivity index (χ0v) is 16.7. The van der Waals surface area contributed by atoms with Crippen molar-refractivity contribution in [1.82, 2.24) is 25.2 Å². The molecule has 31 heavy (non-hydrogen) atoms. The lowest BCUT2D eigenvalue weighted by Gasteiger charge is -2.12. The molecule has 2 aliphatic rings. The summed E-state index contributed by atoms with van der Waals surface area (Å²) in [6.07, 6.45) is 5.25. The first-order chi connectivity index (χ1) is 15.0. The van der Waals surface area contributed by atoms with Crippen molar-refractivity contribution in [3.8, 4) is 6.07 Å². The molecular weight excluding hydrogens is 420 g/mol. The molecule has 4 N–H and O–H groups in total. The first kappa shape index (κ1) is 18.9. The van der Waals surface area contributed by atoms with Crippen molar-refractivity contribution in [1.29, 1.82) is 5.26 Å². The van der Waals surface area contributed by atoms with Crippen molar-refractivity contribution >= 4 is 52.6 Å². The van der Waals surface area contributed by atoms with E-state index in [0.717, 1.165) is 18.7 Å². The quantitative estimate of drug-likeness (QED) is 0.358. The SMILES string of the molecule is N#Cc1ccc(Nc2cc(NC3CC3)n3ncc(/C=C4\NC(=O)NC4=O)c3n2)cc1Cl. The van der Waals surface area contributed by atoms with Crippen LogP contribution in [0.2, 0.25) is 5.02 Å². The van der Waals surface area contributed by atoms with Gasteiger partial charge in [-0.1, -0.05) is 11.6 Å². The average molecular weight is 435 g/mol. The van der Waals surface area contributed by atoms with Gasteiger partial charge in [-0.15, -0.1) is 0 Å². The van der Waals surface area contributed by atoms with Crippen LogP contribution in [0.15, 0.2) is 36.2 Å². The maximum absolute atomic E-state index is 11.9. The summed E-state index contributed by atoms with van der Waals surface area (Å²) in [5, 5.41) is 25.0.